The summed E-state index contributed by atoms with van der Waals surface area (Å²) in [4.78, 5) is 1.34. The van der Waals surface area contributed by atoms with Crippen molar-refractivity contribution in [2.24, 2.45) is 0 Å². The molecule has 0 aromatic carbocycles. The molecule has 0 bridgehead atoms. The van der Waals surface area contributed by atoms with Crippen LogP contribution >= 0.6 is 11.3 Å². The molecule has 0 aliphatic rings. The fraction of sp³-hybridized carbons (Fsp3) is 0.385. The third-order valence-corrected chi connectivity index (χ3v) is 3.50. The highest BCUT2D eigenvalue weighted by Crippen LogP contribution is 2.25. The van der Waals surface area contributed by atoms with Crippen LogP contribution in [-0.2, 0) is 0 Å². The van der Waals surface area contributed by atoms with Crippen molar-refractivity contribution in [3.63, 3.8) is 0 Å². The maximum Gasteiger partial charge on any atom is 0.0601 e. The highest BCUT2D eigenvalue weighted by Gasteiger charge is 2.14. The van der Waals surface area contributed by atoms with Crippen LogP contribution in [0.5, 0.6) is 0 Å². The topological polar surface area (TPSA) is 37.8 Å². The minimum Gasteiger partial charge on any atom is -0.306 e. The van der Waals surface area contributed by atoms with Crippen molar-refractivity contribution in [2.45, 2.75) is 26.3 Å². The Balaban J connectivity index is 2.25. The van der Waals surface area contributed by atoms with Gasteiger partial charge in [-0.3, -0.25) is 0 Å². The highest BCUT2D eigenvalue weighted by molar-refractivity contribution is 7.10. The van der Waals surface area contributed by atoms with E-state index in [1.54, 1.807) is 17.5 Å². The third kappa shape index (κ3) is 3.11. The molecule has 1 N–H and O–H groups in total. The Hall–Kier alpha value is -1.26. The van der Waals surface area contributed by atoms with E-state index in [1.165, 1.54) is 16.0 Å². The molecule has 3 nitrogen and oxygen atoms in total. The first-order valence-corrected chi connectivity index (χ1v) is 6.74. The first kappa shape index (κ1) is 12.2. The average Bonchev–Trinajstić information content (AvgIpc) is 2.78. The molecule has 2 aromatic heterocycles. The van der Waals surface area contributed by atoms with Gasteiger partial charge < -0.3 is 5.32 Å². The van der Waals surface area contributed by atoms with Crippen molar-refractivity contribution in [1.29, 1.82) is 0 Å². The Labute approximate surface area is 106 Å². The first-order chi connectivity index (χ1) is 8.31. The predicted molar refractivity (Wildman–Crippen MR) is 71.2 cm³/mol. The van der Waals surface area contributed by atoms with Crippen LogP contribution in [0, 0.1) is 6.92 Å². The second-order valence-corrected chi connectivity index (χ2v) is 5.17. The van der Waals surface area contributed by atoms with Gasteiger partial charge >= 0.3 is 0 Å². The number of aromatic nitrogens is 2. The summed E-state index contributed by atoms with van der Waals surface area (Å²) in [6.45, 7) is 5.31. The summed E-state index contributed by atoms with van der Waals surface area (Å²) in [5, 5.41) is 13.6. The molecule has 0 aliphatic carbocycles. The summed E-state index contributed by atoms with van der Waals surface area (Å²) in [5.74, 6) is 0. The molecule has 0 aliphatic heterocycles. The van der Waals surface area contributed by atoms with Crippen LogP contribution in [-0.4, -0.2) is 16.7 Å². The summed E-state index contributed by atoms with van der Waals surface area (Å²) in [7, 11) is 0. The number of nitrogens with one attached hydrogen (secondary N) is 1. The SMILES string of the molecule is CCCNC(c1ccnnc1)c1csc(C)c1. The lowest BCUT2D eigenvalue weighted by Gasteiger charge is -2.17. The molecule has 2 rings (SSSR count). The van der Waals surface area contributed by atoms with E-state index in [-0.39, 0.29) is 6.04 Å². The molecule has 0 saturated heterocycles. The van der Waals surface area contributed by atoms with Crippen molar-refractivity contribution in [1.82, 2.24) is 15.5 Å². The molecule has 2 heterocycles. The van der Waals surface area contributed by atoms with Crippen molar-refractivity contribution in [3.8, 4) is 0 Å². The van der Waals surface area contributed by atoms with E-state index in [9.17, 15) is 0 Å². The van der Waals surface area contributed by atoms with Gasteiger partial charge in [-0.1, -0.05) is 6.92 Å². The Morgan fingerprint density at radius 3 is 2.82 bits per heavy atom. The fourth-order valence-electron chi connectivity index (χ4n) is 1.80. The lowest BCUT2D eigenvalue weighted by molar-refractivity contribution is 0.596. The van der Waals surface area contributed by atoms with Crippen molar-refractivity contribution < 1.29 is 0 Å². The molecule has 1 atom stereocenters. The molecule has 0 radical (unpaired) electrons. The van der Waals surface area contributed by atoms with Gasteiger partial charge in [-0.25, -0.2) is 0 Å². The number of hydrogen-bond donors (Lipinski definition) is 1. The van der Waals surface area contributed by atoms with Crippen LogP contribution in [0.15, 0.2) is 29.9 Å². The zero-order chi connectivity index (χ0) is 12.1. The van der Waals surface area contributed by atoms with E-state index in [2.05, 4.69) is 40.8 Å². The van der Waals surface area contributed by atoms with Gasteiger partial charge in [-0.15, -0.1) is 11.3 Å². The Kier molecular flexibility index (Phi) is 4.23. The lowest BCUT2D eigenvalue weighted by atomic mass is 10.0. The smallest absolute Gasteiger partial charge is 0.0601 e. The highest BCUT2D eigenvalue weighted by atomic mass is 32.1. The Morgan fingerprint density at radius 1 is 1.35 bits per heavy atom. The molecule has 2 aromatic rings. The number of aryl methyl sites for hydroxylation is 1. The number of thiophene rings is 1. The molecular weight excluding hydrogens is 230 g/mol. The zero-order valence-electron chi connectivity index (χ0n) is 10.2. The van der Waals surface area contributed by atoms with Crippen LogP contribution in [0.3, 0.4) is 0 Å². The minimum atomic E-state index is 0.232. The van der Waals surface area contributed by atoms with Crippen LogP contribution in [0.1, 0.15) is 35.4 Å². The molecule has 0 saturated carbocycles. The summed E-state index contributed by atoms with van der Waals surface area (Å²) >= 11 is 1.78. The van der Waals surface area contributed by atoms with E-state index >= 15 is 0 Å². The Morgan fingerprint density at radius 2 is 2.24 bits per heavy atom. The quantitative estimate of drug-likeness (QED) is 0.882. The maximum atomic E-state index is 3.96. The first-order valence-electron chi connectivity index (χ1n) is 5.86. The van der Waals surface area contributed by atoms with Gasteiger partial charge in [0, 0.05) is 11.1 Å². The standard InChI is InChI=1S/C13H17N3S/c1-3-5-14-13(11-4-6-15-16-8-11)12-7-10(2)17-9-12/h4,6-9,13-14H,3,5H2,1-2H3. The van der Waals surface area contributed by atoms with Crippen LogP contribution in [0.25, 0.3) is 0 Å². The summed E-state index contributed by atoms with van der Waals surface area (Å²) in [6.07, 6.45) is 4.70. The van der Waals surface area contributed by atoms with Gasteiger partial charge in [0.2, 0.25) is 0 Å². The van der Waals surface area contributed by atoms with Crippen LogP contribution in [0.4, 0.5) is 0 Å². The van der Waals surface area contributed by atoms with Gasteiger partial charge in [0.15, 0.2) is 0 Å². The molecule has 0 amide bonds. The molecule has 90 valence electrons. The van der Waals surface area contributed by atoms with Crippen molar-refractivity contribution in [3.05, 3.63) is 45.9 Å². The molecule has 0 spiro atoms. The van der Waals surface area contributed by atoms with Crippen LogP contribution in [0.2, 0.25) is 0 Å². The maximum absolute atomic E-state index is 3.96. The van der Waals surface area contributed by atoms with Gasteiger partial charge in [-0.2, -0.15) is 10.2 Å². The van der Waals surface area contributed by atoms with Gasteiger partial charge in [0.25, 0.3) is 0 Å². The average molecular weight is 247 g/mol. The van der Waals surface area contributed by atoms with E-state index in [4.69, 9.17) is 0 Å². The minimum absolute atomic E-state index is 0.232. The number of nitrogens with zero attached hydrogens (tertiary/aromatic N) is 2. The number of hydrogen-bond acceptors (Lipinski definition) is 4. The summed E-state index contributed by atoms with van der Waals surface area (Å²) in [5.41, 5.74) is 2.49. The molecule has 1 unspecified atom stereocenters. The van der Waals surface area contributed by atoms with E-state index in [0.717, 1.165) is 13.0 Å². The fourth-order valence-corrected chi connectivity index (χ4v) is 2.53. The third-order valence-electron chi connectivity index (χ3n) is 2.62. The van der Waals surface area contributed by atoms with E-state index < -0.39 is 0 Å². The van der Waals surface area contributed by atoms with Gasteiger partial charge in [0.1, 0.15) is 0 Å². The number of rotatable bonds is 5. The summed E-state index contributed by atoms with van der Waals surface area (Å²) < 4.78 is 0. The van der Waals surface area contributed by atoms with Gasteiger partial charge in [-0.05, 0) is 48.5 Å². The van der Waals surface area contributed by atoms with Crippen molar-refractivity contribution >= 4 is 11.3 Å². The monoisotopic (exact) mass is 247 g/mol. The molecular formula is C13H17N3S. The zero-order valence-corrected chi connectivity index (χ0v) is 11.0. The van der Waals surface area contributed by atoms with Crippen LogP contribution < -0.4 is 5.32 Å². The lowest BCUT2D eigenvalue weighted by Crippen LogP contribution is -2.22. The normalized spacial score (nSPS) is 12.6. The predicted octanol–water partition coefficient (Wildman–Crippen LogP) is 2.94. The Bertz CT molecular complexity index is 453. The second kappa shape index (κ2) is 5.89. The van der Waals surface area contributed by atoms with E-state index in [1.807, 2.05) is 12.3 Å². The largest absolute Gasteiger partial charge is 0.306 e. The molecule has 17 heavy (non-hydrogen) atoms. The van der Waals surface area contributed by atoms with E-state index in [0.29, 0.717) is 0 Å². The molecule has 4 heteroatoms. The second-order valence-electron chi connectivity index (χ2n) is 4.05. The molecule has 0 fully saturated rings. The van der Waals surface area contributed by atoms with Gasteiger partial charge in [0.05, 0.1) is 12.2 Å². The summed E-state index contributed by atoms with van der Waals surface area (Å²) in [6, 6.07) is 4.49. The van der Waals surface area contributed by atoms with Crippen molar-refractivity contribution in [2.75, 3.05) is 6.54 Å².